The van der Waals surface area contributed by atoms with Crippen molar-refractivity contribution < 1.29 is 89.8 Å². The van der Waals surface area contributed by atoms with Gasteiger partial charge in [0.25, 0.3) is 27.5 Å². The van der Waals surface area contributed by atoms with Crippen LogP contribution in [0.15, 0.2) is 36.0 Å². The first-order valence-electron chi connectivity index (χ1n) is 22.1. The molecule has 3 amide bonds. The summed E-state index contributed by atoms with van der Waals surface area (Å²) in [5.74, 6) is -2.65. The number of ether oxygens (including phenoxy) is 6. The Balaban J connectivity index is 0.867. The number of amides is 3. The van der Waals surface area contributed by atoms with Crippen LogP contribution < -0.4 is 15.1 Å². The minimum absolute atomic E-state index is 0.0335. The molecule has 11 atom stereocenters. The smallest absolute Gasteiger partial charge is 0.274 e. The standard InChI is InChI=1S/C42H62N2O19P2/c1-4-5-38-61-34-25-31-30-7-6-28-24-29(45)10-12-40(28,2)39(30)32(46)26-41(31,3)42(34,62-38)33(47)27-60-65(53,54)63-64(51,52)59-16-13-43-35(48)11-15-55-18-20-57-22-23-58-21-19-56-17-14-44-36(49)8-9-37(44)50/h8-10,12,24,30-32,34,38-39,46H,4-7,11,13-23,25-27H2,1-3H3,(H,43,48)(H,51,52)(H,53,54)/p-2/t30-,31-,32-,34+,38?,39+,40-,41-,42+/m0/s1. The largest absolute Gasteiger partial charge is 0.756 e. The number of fused-ring (bicyclic) bond motifs is 7. The van der Waals surface area contributed by atoms with Gasteiger partial charge in [0.2, 0.25) is 5.91 Å². The first-order valence-corrected chi connectivity index (χ1v) is 25.0. The van der Waals surface area contributed by atoms with E-state index in [4.69, 9.17) is 32.9 Å². The lowest BCUT2D eigenvalue weighted by atomic mass is 9.46. The molecule has 0 aromatic heterocycles. The van der Waals surface area contributed by atoms with Gasteiger partial charge in [-0.15, -0.1) is 0 Å². The maximum Gasteiger partial charge on any atom is 0.274 e. The number of nitrogens with one attached hydrogen (secondary N) is 1. The molecule has 0 bridgehead atoms. The van der Waals surface area contributed by atoms with Crippen molar-refractivity contribution in [2.45, 2.75) is 89.8 Å². The molecule has 0 spiro atoms. The Bertz CT molecular complexity index is 1940. The fourth-order valence-electron chi connectivity index (χ4n) is 10.6. The molecule has 1 saturated heterocycles. The van der Waals surface area contributed by atoms with Gasteiger partial charge in [-0.3, -0.25) is 38.0 Å². The zero-order valence-electron chi connectivity index (χ0n) is 36.9. The van der Waals surface area contributed by atoms with Gasteiger partial charge in [-0.25, -0.2) is 4.31 Å². The highest BCUT2D eigenvalue weighted by molar-refractivity contribution is 7.59. The summed E-state index contributed by atoms with van der Waals surface area (Å²) in [5.41, 5.74) is -2.35. The number of carbonyl (C=O) groups is 5. The monoisotopic (exact) mass is 958 g/mol. The second-order valence-corrected chi connectivity index (χ2v) is 20.3. The van der Waals surface area contributed by atoms with Gasteiger partial charge in [0.1, 0.15) is 6.61 Å². The van der Waals surface area contributed by atoms with Crippen molar-refractivity contribution in [3.05, 3.63) is 36.0 Å². The topological polar surface area (TPSA) is 284 Å². The number of Topliss-reactive ketones (excluding diaryl/α,β-unsaturated/α-hetero) is 1. The summed E-state index contributed by atoms with van der Waals surface area (Å²) < 4.78 is 73.3. The third-order valence-corrected chi connectivity index (χ3v) is 15.9. The van der Waals surface area contributed by atoms with E-state index in [-0.39, 0.29) is 101 Å². The van der Waals surface area contributed by atoms with Gasteiger partial charge in [-0.1, -0.05) is 38.8 Å². The number of aliphatic hydroxyl groups excluding tert-OH is 1. The van der Waals surface area contributed by atoms with Gasteiger partial charge < -0.3 is 57.7 Å². The van der Waals surface area contributed by atoms with Crippen LogP contribution in [-0.4, -0.2) is 143 Å². The van der Waals surface area contributed by atoms with Crippen LogP contribution in [-0.2, 0) is 74.9 Å². The second-order valence-electron chi connectivity index (χ2n) is 17.4. The summed E-state index contributed by atoms with van der Waals surface area (Å²) in [4.78, 5) is 88.1. The number of phosphoric acid groups is 2. The van der Waals surface area contributed by atoms with Gasteiger partial charge in [0.05, 0.1) is 78.2 Å². The van der Waals surface area contributed by atoms with Gasteiger partial charge in [0, 0.05) is 41.9 Å². The lowest BCUT2D eigenvalue weighted by Gasteiger charge is -2.59. The third-order valence-electron chi connectivity index (χ3n) is 13.4. The molecule has 0 aromatic carbocycles. The maximum atomic E-state index is 14.3. The second kappa shape index (κ2) is 22.1. The van der Waals surface area contributed by atoms with Crippen LogP contribution in [0.25, 0.3) is 0 Å². The molecule has 65 heavy (non-hydrogen) atoms. The van der Waals surface area contributed by atoms with Gasteiger partial charge in [-0.2, -0.15) is 0 Å². The first kappa shape index (κ1) is 51.5. The normalized spacial score (nSPS) is 33.2. The highest BCUT2D eigenvalue weighted by Crippen LogP contribution is 2.70. The van der Waals surface area contributed by atoms with E-state index in [2.05, 4.69) is 14.2 Å². The Kier molecular flexibility index (Phi) is 17.5. The Morgan fingerprint density at radius 3 is 2.20 bits per heavy atom. The molecule has 4 aliphatic carbocycles. The van der Waals surface area contributed by atoms with Crippen molar-refractivity contribution in [3.63, 3.8) is 0 Å². The molecule has 4 fully saturated rings. The van der Waals surface area contributed by atoms with Crippen molar-refractivity contribution in [1.29, 1.82) is 0 Å². The Morgan fingerprint density at radius 2 is 1.54 bits per heavy atom. The van der Waals surface area contributed by atoms with E-state index in [1.807, 2.05) is 26.8 Å². The molecule has 3 saturated carbocycles. The summed E-state index contributed by atoms with van der Waals surface area (Å²) >= 11 is 0. The summed E-state index contributed by atoms with van der Waals surface area (Å²) in [6.45, 7) is 5.64. The molecule has 2 heterocycles. The molecule has 2 aliphatic heterocycles. The van der Waals surface area contributed by atoms with E-state index in [0.29, 0.717) is 45.3 Å². The molecule has 21 nitrogen and oxygen atoms in total. The SMILES string of the molecule is CCCC1O[C@@H]2C[C@H]3[C@@H]4CCC5=CC(=O)C=C[C@]5(C)[C@H]4[C@@H](O)C[C@]3(C)[C@]2(C(=O)COP(=O)([O-])OP(=O)([O-])OCCNC(=O)CCOCCOCCOCCOCCN2C(=O)C=CC2=O)O1. The summed E-state index contributed by atoms with van der Waals surface area (Å²) in [6, 6.07) is 0. The number of hydrogen-bond acceptors (Lipinski definition) is 19. The quantitative estimate of drug-likeness (QED) is 0.0665. The Hall–Kier alpha value is -2.85. The number of allylic oxidation sites excluding steroid dienone is 4. The maximum absolute atomic E-state index is 14.3. The van der Waals surface area contributed by atoms with Crippen molar-refractivity contribution in [3.8, 4) is 0 Å². The highest BCUT2D eigenvalue weighted by atomic mass is 31.3. The number of ketones is 2. The third kappa shape index (κ3) is 11.9. The molecule has 0 aromatic rings. The summed E-state index contributed by atoms with van der Waals surface area (Å²) in [7, 11) is -11.3. The number of carbonyl (C=O) groups excluding carboxylic acids is 5. The highest BCUT2D eigenvalue weighted by Gasteiger charge is 2.75. The number of nitrogens with zero attached hydrogens (tertiary/aromatic N) is 1. The van der Waals surface area contributed by atoms with Crippen molar-refractivity contribution in [2.75, 3.05) is 79.2 Å². The Morgan fingerprint density at radius 1 is 0.908 bits per heavy atom. The van der Waals surface area contributed by atoms with Gasteiger partial charge >= 0.3 is 0 Å². The molecular weight excluding hydrogens is 898 g/mol. The van der Waals surface area contributed by atoms with E-state index < -0.39 is 75.5 Å². The number of aliphatic hydroxyl groups is 1. The molecule has 23 heteroatoms. The number of imide groups is 1. The van der Waals surface area contributed by atoms with E-state index in [9.17, 15) is 48.0 Å². The van der Waals surface area contributed by atoms with Crippen LogP contribution in [0.5, 0.6) is 0 Å². The van der Waals surface area contributed by atoms with Crippen molar-refractivity contribution >= 4 is 44.9 Å². The number of phosphoric ester groups is 2. The molecule has 0 radical (unpaired) electrons. The summed E-state index contributed by atoms with van der Waals surface area (Å²) in [6.07, 6.45) is 7.83. The van der Waals surface area contributed by atoms with Crippen LogP contribution in [0.1, 0.15) is 65.7 Å². The average Bonchev–Trinajstić information content (AvgIpc) is 3.85. The predicted molar refractivity (Wildman–Crippen MR) is 221 cm³/mol. The minimum atomic E-state index is -5.72. The molecule has 364 valence electrons. The summed E-state index contributed by atoms with van der Waals surface area (Å²) in [5, 5.41) is 14.3. The van der Waals surface area contributed by atoms with E-state index in [1.54, 1.807) is 6.08 Å². The van der Waals surface area contributed by atoms with Crippen LogP contribution in [0.2, 0.25) is 0 Å². The molecule has 6 aliphatic rings. The number of hydrogen-bond donors (Lipinski definition) is 2. The lowest BCUT2D eigenvalue weighted by Crippen LogP contribution is -2.63. The number of rotatable bonds is 27. The van der Waals surface area contributed by atoms with Crippen LogP contribution in [0.3, 0.4) is 0 Å². The van der Waals surface area contributed by atoms with Crippen LogP contribution >= 0.6 is 15.6 Å². The Labute approximate surface area is 377 Å². The molecule has 2 N–H and O–H groups in total. The lowest BCUT2D eigenvalue weighted by molar-refractivity contribution is -0.244. The van der Waals surface area contributed by atoms with Crippen LogP contribution in [0.4, 0.5) is 0 Å². The predicted octanol–water partition coefficient (Wildman–Crippen LogP) is 1.21. The van der Waals surface area contributed by atoms with Crippen LogP contribution in [0, 0.1) is 28.6 Å². The van der Waals surface area contributed by atoms with Gasteiger partial charge in [-0.05, 0) is 56.1 Å². The van der Waals surface area contributed by atoms with Gasteiger partial charge in [0.15, 0.2) is 23.5 Å². The molecule has 6 rings (SSSR count). The molecular formula is C42H60N2O19P2-2. The average molecular weight is 959 g/mol. The van der Waals surface area contributed by atoms with E-state index in [0.717, 1.165) is 10.5 Å². The fraction of sp³-hybridized carbons (Fsp3) is 0.738. The molecule has 3 unspecified atom stereocenters. The van der Waals surface area contributed by atoms with Crippen molar-refractivity contribution in [2.24, 2.45) is 28.6 Å². The minimum Gasteiger partial charge on any atom is -0.756 e. The van der Waals surface area contributed by atoms with Crippen molar-refractivity contribution in [1.82, 2.24) is 10.2 Å². The zero-order valence-corrected chi connectivity index (χ0v) is 38.7. The zero-order chi connectivity index (χ0) is 47.0. The van der Waals surface area contributed by atoms with E-state index in [1.165, 1.54) is 18.2 Å². The first-order chi connectivity index (χ1) is 30.9. The fourth-order valence-corrected chi connectivity index (χ4v) is 12.5. The van der Waals surface area contributed by atoms with E-state index >= 15 is 0 Å².